The lowest BCUT2D eigenvalue weighted by atomic mass is 10.1. The Balaban J connectivity index is 2.50. The van der Waals surface area contributed by atoms with Gasteiger partial charge in [0.2, 0.25) is 0 Å². The van der Waals surface area contributed by atoms with Crippen LogP contribution in [0.2, 0.25) is 0 Å². The molecule has 0 amide bonds. The lowest BCUT2D eigenvalue weighted by Gasteiger charge is -2.13. The van der Waals surface area contributed by atoms with Crippen molar-refractivity contribution in [3.05, 3.63) is 34.6 Å². The first-order valence-corrected chi connectivity index (χ1v) is 6.30. The number of hydrogen-bond acceptors (Lipinski definition) is 2. The van der Waals surface area contributed by atoms with E-state index in [1.807, 2.05) is 4.72 Å². The zero-order chi connectivity index (χ0) is 12.8. The summed E-state index contributed by atoms with van der Waals surface area (Å²) in [5.74, 6) is -3.46. The van der Waals surface area contributed by atoms with Gasteiger partial charge in [-0.1, -0.05) is 0 Å². The molecular weight excluding hydrogens is 257 g/mol. The molecule has 0 spiro atoms. The largest absolute Gasteiger partial charge is 0.274 e. The van der Waals surface area contributed by atoms with Crippen LogP contribution in [0.25, 0.3) is 0 Å². The molecule has 3 N–H and O–H groups in total. The van der Waals surface area contributed by atoms with Crippen molar-refractivity contribution < 1.29 is 21.6 Å². The highest BCUT2D eigenvalue weighted by Gasteiger charge is 2.32. The Kier molecular flexibility index (Phi) is 2.88. The first-order valence-electron chi connectivity index (χ1n) is 4.76. The van der Waals surface area contributed by atoms with Gasteiger partial charge >= 0.3 is 0 Å². The average molecular weight is 266 g/mol. The lowest BCUT2D eigenvalue weighted by molar-refractivity contribution is 0.473. The molecule has 0 fully saturated rings. The first-order chi connectivity index (χ1) is 7.79. The molecular formula is C9H9F3N2O2S. The summed E-state index contributed by atoms with van der Waals surface area (Å²) >= 11 is 0. The molecule has 8 heteroatoms. The maximum absolute atomic E-state index is 13.5. The molecule has 1 aliphatic carbocycles. The van der Waals surface area contributed by atoms with Crippen LogP contribution in [0.1, 0.15) is 23.6 Å². The third-order valence-corrected chi connectivity index (χ3v) is 3.26. The summed E-state index contributed by atoms with van der Waals surface area (Å²) in [7, 11) is -4.05. The summed E-state index contributed by atoms with van der Waals surface area (Å²) < 4.78 is 63.4. The highest BCUT2D eigenvalue weighted by atomic mass is 32.2. The Morgan fingerprint density at radius 2 is 1.94 bits per heavy atom. The maximum atomic E-state index is 13.5. The summed E-state index contributed by atoms with van der Waals surface area (Å²) in [5.41, 5.74) is -0.304. The third-order valence-electron chi connectivity index (χ3n) is 2.65. The van der Waals surface area contributed by atoms with E-state index in [1.165, 1.54) is 0 Å². The predicted molar refractivity (Wildman–Crippen MR) is 53.6 cm³/mol. The van der Waals surface area contributed by atoms with Gasteiger partial charge in [-0.05, 0) is 18.4 Å². The van der Waals surface area contributed by atoms with Gasteiger partial charge in [-0.2, -0.15) is 13.1 Å². The van der Waals surface area contributed by atoms with Crippen molar-refractivity contribution in [2.75, 3.05) is 0 Å². The van der Waals surface area contributed by atoms with Gasteiger partial charge in [-0.15, -0.1) is 0 Å². The van der Waals surface area contributed by atoms with Crippen molar-refractivity contribution in [2.45, 2.75) is 18.9 Å². The number of halogens is 3. The van der Waals surface area contributed by atoms with E-state index in [9.17, 15) is 21.6 Å². The fraction of sp³-hybridized carbons (Fsp3) is 0.333. The molecule has 0 unspecified atom stereocenters. The standard InChI is InChI=1S/C9H9F3N2O2S/c10-5-3-6(11)9(12)8-4(5)1-2-7(8)14-17(13,15)16/h3,7,14H,1-2H2,(H2,13,15,16)/t7-/m0/s1. The summed E-state index contributed by atoms with van der Waals surface area (Å²) in [4.78, 5) is 0. The molecule has 94 valence electrons. The third kappa shape index (κ3) is 2.28. The van der Waals surface area contributed by atoms with Crippen LogP contribution in [-0.4, -0.2) is 8.42 Å². The SMILES string of the molecule is NS(=O)(=O)N[C@H]1CCc2c(F)cc(F)c(F)c21. The Hall–Kier alpha value is -1.12. The molecule has 0 heterocycles. The lowest BCUT2D eigenvalue weighted by Crippen LogP contribution is -2.33. The van der Waals surface area contributed by atoms with E-state index in [-0.39, 0.29) is 24.0 Å². The van der Waals surface area contributed by atoms with Gasteiger partial charge in [-0.3, -0.25) is 0 Å². The molecule has 0 radical (unpaired) electrons. The number of rotatable bonds is 2. The van der Waals surface area contributed by atoms with Gasteiger partial charge < -0.3 is 0 Å². The molecule has 0 aromatic heterocycles. The van der Waals surface area contributed by atoms with Crippen molar-refractivity contribution >= 4 is 10.2 Å². The van der Waals surface area contributed by atoms with Crippen molar-refractivity contribution in [1.29, 1.82) is 0 Å². The Labute approximate surface area is 95.8 Å². The van der Waals surface area contributed by atoms with E-state index in [4.69, 9.17) is 5.14 Å². The van der Waals surface area contributed by atoms with Crippen molar-refractivity contribution in [1.82, 2.24) is 4.72 Å². The Morgan fingerprint density at radius 3 is 2.53 bits per heavy atom. The molecule has 2 rings (SSSR count). The van der Waals surface area contributed by atoms with E-state index >= 15 is 0 Å². The minimum absolute atomic E-state index is 0.00921. The van der Waals surface area contributed by atoms with Gasteiger partial charge in [0.15, 0.2) is 11.6 Å². The fourth-order valence-corrected chi connectivity index (χ4v) is 2.65. The monoisotopic (exact) mass is 266 g/mol. The van der Waals surface area contributed by atoms with Gasteiger partial charge in [0.25, 0.3) is 10.2 Å². The first kappa shape index (κ1) is 12.3. The van der Waals surface area contributed by atoms with Crippen LogP contribution in [0.15, 0.2) is 6.07 Å². The summed E-state index contributed by atoms with van der Waals surface area (Å²) in [6.45, 7) is 0. The Morgan fingerprint density at radius 1 is 1.29 bits per heavy atom. The maximum Gasteiger partial charge on any atom is 0.274 e. The van der Waals surface area contributed by atoms with Gasteiger partial charge in [0.05, 0.1) is 6.04 Å². The van der Waals surface area contributed by atoms with Crippen molar-refractivity contribution in [2.24, 2.45) is 5.14 Å². The second kappa shape index (κ2) is 3.97. The highest BCUT2D eigenvalue weighted by molar-refractivity contribution is 7.87. The van der Waals surface area contributed by atoms with E-state index in [0.717, 1.165) is 0 Å². The topological polar surface area (TPSA) is 72.2 Å². The van der Waals surface area contributed by atoms with Crippen molar-refractivity contribution in [3.8, 4) is 0 Å². The molecule has 1 aromatic carbocycles. The second-order valence-corrected chi connectivity index (χ2v) is 5.13. The summed E-state index contributed by atoms with van der Waals surface area (Å²) in [6, 6.07) is -0.571. The molecule has 1 atom stereocenters. The molecule has 1 aliphatic rings. The Bertz CT molecular complexity index is 574. The van der Waals surface area contributed by atoms with Crippen LogP contribution in [0, 0.1) is 17.5 Å². The van der Waals surface area contributed by atoms with Gasteiger partial charge in [0.1, 0.15) is 5.82 Å². The average Bonchev–Trinajstić information content (AvgIpc) is 2.56. The normalized spacial score (nSPS) is 19.4. The zero-order valence-electron chi connectivity index (χ0n) is 8.50. The minimum atomic E-state index is -4.05. The molecule has 0 bridgehead atoms. The quantitative estimate of drug-likeness (QED) is 0.780. The van der Waals surface area contributed by atoms with Crippen LogP contribution < -0.4 is 9.86 Å². The van der Waals surface area contributed by atoms with Crippen LogP contribution >= 0.6 is 0 Å². The summed E-state index contributed by atoms with van der Waals surface area (Å²) in [6.07, 6.45) is 0.272. The van der Waals surface area contributed by atoms with Crippen molar-refractivity contribution in [3.63, 3.8) is 0 Å². The zero-order valence-corrected chi connectivity index (χ0v) is 9.32. The molecule has 1 aromatic rings. The van der Waals surface area contributed by atoms with Gasteiger partial charge in [-0.25, -0.2) is 18.3 Å². The minimum Gasteiger partial charge on any atom is -0.216 e. The van der Waals surface area contributed by atoms with Crippen LogP contribution in [0.5, 0.6) is 0 Å². The van der Waals surface area contributed by atoms with Gasteiger partial charge in [0, 0.05) is 11.6 Å². The molecule has 0 saturated heterocycles. The summed E-state index contributed by atoms with van der Waals surface area (Å²) in [5, 5.41) is 4.75. The highest BCUT2D eigenvalue weighted by Crippen LogP contribution is 2.36. The number of nitrogens with two attached hydrogens (primary N) is 1. The number of benzene rings is 1. The molecule has 0 aliphatic heterocycles. The van der Waals surface area contributed by atoms with E-state index in [1.54, 1.807) is 0 Å². The molecule has 17 heavy (non-hydrogen) atoms. The van der Waals surface area contributed by atoms with Crippen LogP contribution in [0.4, 0.5) is 13.2 Å². The van der Waals surface area contributed by atoms with E-state index in [0.29, 0.717) is 6.07 Å². The predicted octanol–water partition coefficient (Wildman–Crippen LogP) is 0.884. The molecule has 4 nitrogen and oxygen atoms in total. The molecule has 0 saturated carbocycles. The number of fused-ring (bicyclic) bond motifs is 1. The van der Waals surface area contributed by atoms with Crippen LogP contribution in [0.3, 0.4) is 0 Å². The number of hydrogen-bond donors (Lipinski definition) is 2. The fourth-order valence-electron chi connectivity index (χ4n) is 2.02. The smallest absolute Gasteiger partial charge is 0.216 e. The number of nitrogens with one attached hydrogen (secondary N) is 1. The van der Waals surface area contributed by atoms with Crippen LogP contribution in [-0.2, 0) is 16.6 Å². The van der Waals surface area contributed by atoms with E-state index in [2.05, 4.69) is 0 Å². The van der Waals surface area contributed by atoms with E-state index < -0.39 is 33.7 Å². The second-order valence-electron chi connectivity index (χ2n) is 3.80.